The molecule has 0 spiro atoms. The minimum absolute atomic E-state index is 0.0326. The molecule has 1 aliphatic rings. The van der Waals surface area contributed by atoms with E-state index in [2.05, 4.69) is 65.9 Å². The third-order valence-electron chi connectivity index (χ3n) is 8.06. The second-order valence-corrected chi connectivity index (χ2v) is 12.7. The molecule has 41 heavy (non-hydrogen) atoms. The molecule has 5 rings (SSSR count). The van der Waals surface area contributed by atoms with Gasteiger partial charge in [-0.05, 0) is 57.5 Å². The minimum Gasteiger partial charge on any atom is -0.493 e. The molecule has 3 atom stereocenters. The van der Waals surface area contributed by atoms with E-state index in [0.29, 0.717) is 18.7 Å². The molecule has 216 valence electrons. The number of nitrogens with zero attached hydrogens (tertiary/aromatic N) is 2. The van der Waals surface area contributed by atoms with Crippen LogP contribution in [0, 0.1) is 12.3 Å². The van der Waals surface area contributed by atoms with Crippen molar-refractivity contribution in [1.82, 2.24) is 25.8 Å². The molecule has 1 saturated carbocycles. The molecule has 2 aromatic heterocycles. The number of aromatic nitrogens is 3. The summed E-state index contributed by atoms with van der Waals surface area (Å²) in [6.07, 6.45) is 3.42. The predicted molar refractivity (Wildman–Crippen MR) is 165 cm³/mol. The van der Waals surface area contributed by atoms with Gasteiger partial charge < -0.3 is 15.4 Å². The Morgan fingerprint density at radius 2 is 1.90 bits per heavy atom. The van der Waals surface area contributed by atoms with Crippen molar-refractivity contribution in [2.75, 3.05) is 20.2 Å². The first kappa shape index (κ1) is 29.2. The highest BCUT2D eigenvalue weighted by Gasteiger charge is 2.59. The van der Waals surface area contributed by atoms with Gasteiger partial charge in [-0.25, -0.2) is 10.1 Å². The van der Waals surface area contributed by atoms with Gasteiger partial charge >= 0.3 is 4.87 Å². The normalized spacial score (nSPS) is 18.7. The van der Waals surface area contributed by atoms with E-state index < -0.39 is 0 Å². The second-order valence-electron chi connectivity index (χ2n) is 10.6. The Kier molecular flexibility index (Phi) is 9.01. The molecular weight excluding hydrogens is 555 g/mol. The quantitative estimate of drug-likeness (QED) is 0.193. The Hall–Kier alpha value is -3.34. The van der Waals surface area contributed by atoms with Crippen LogP contribution in [0.1, 0.15) is 64.1 Å². The third kappa shape index (κ3) is 6.45. The predicted octanol–water partition coefficient (Wildman–Crippen LogP) is 5.35. The number of H-pyrrole nitrogens is 1. The molecule has 1 aliphatic carbocycles. The summed E-state index contributed by atoms with van der Waals surface area (Å²) in [6, 6.07) is 15.8. The van der Waals surface area contributed by atoms with Gasteiger partial charge in [-0.3, -0.25) is 9.59 Å². The summed E-state index contributed by atoms with van der Waals surface area (Å²) in [4.78, 5) is 30.8. The zero-order chi connectivity index (χ0) is 29.0. The maximum absolute atomic E-state index is 13.1. The van der Waals surface area contributed by atoms with Crippen molar-refractivity contribution in [3.8, 4) is 16.3 Å². The SMILES string of the molecule is CCc1nc(-c2ccc(C)cc2)sc1CCOc1ccc(C(=O)NC2CC2(CC)[C@H](CNC)c2n[nH]c(=O)s2)cc1. The van der Waals surface area contributed by atoms with Gasteiger partial charge in [0.05, 0.1) is 12.3 Å². The number of amides is 1. The maximum Gasteiger partial charge on any atom is 0.322 e. The lowest BCUT2D eigenvalue weighted by Crippen LogP contribution is -2.34. The summed E-state index contributed by atoms with van der Waals surface area (Å²) in [5.41, 5.74) is 4.00. The van der Waals surface area contributed by atoms with Gasteiger partial charge in [0, 0.05) is 46.3 Å². The first-order valence-electron chi connectivity index (χ1n) is 14.2. The average Bonchev–Trinajstić information content (AvgIpc) is 3.26. The number of thiazole rings is 1. The van der Waals surface area contributed by atoms with Gasteiger partial charge in [0.1, 0.15) is 15.8 Å². The molecule has 4 aromatic rings. The number of benzene rings is 2. The molecule has 0 aliphatic heterocycles. The first-order valence-corrected chi connectivity index (χ1v) is 15.8. The van der Waals surface area contributed by atoms with Crippen LogP contribution in [0.4, 0.5) is 0 Å². The Bertz CT molecular complexity index is 1530. The van der Waals surface area contributed by atoms with Gasteiger partial charge in [0.25, 0.3) is 5.91 Å². The Labute approximate surface area is 248 Å². The van der Waals surface area contributed by atoms with Crippen LogP contribution in [0.15, 0.2) is 53.3 Å². The molecule has 1 fully saturated rings. The number of aromatic amines is 1. The summed E-state index contributed by atoms with van der Waals surface area (Å²) in [5, 5.41) is 15.1. The van der Waals surface area contributed by atoms with E-state index in [1.807, 2.05) is 31.3 Å². The highest BCUT2D eigenvalue weighted by atomic mass is 32.1. The monoisotopic (exact) mass is 591 g/mol. The fourth-order valence-corrected chi connectivity index (χ4v) is 7.52. The Balaban J connectivity index is 1.16. The fraction of sp³-hybridized carbons (Fsp3) is 0.419. The van der Waals surface area contributed by atoms with Crippen LogP contribution < -0.4 is 20.2 Å². The van der Waals surface area contributed by atoms with Gasteiger partial charge in [0.15, 0.2) is 0 Å². The topological polar surface area (TPSA) is 109 Å². The number of nitrogens with one attached hydrogen (secondary N) is 3. The lowest BCUT2D eigenvalue weighted by atomic mass is 9.86. The molecule has 10 heteroatoms. The van der Waals surface area contributed by atoms with Gasteiger partial charge in [-0.2, -0.15) is 5.10 Å². The van der Waals surface area contributed by atoms with Crippen LogP contribution in [-0.4, -0.2) is 47.3 Å². The van der Waals surface area contributed by atoms with Crippen molar-refractivity contribution in [1.29, 1.82) is 0 Å². The lowest BCUT2D eigenvalue weighted by Gasteiger charge is -2.25. The molecular formula is C31H37N5O3S2. The summed E-state index contributed by atoms with van der Waals surface area (Å²) in [5.74, 6) is 0.693. The van der Waals surface area contributed by atoms with Crippen LogP contribution in [-0.2, 0) is 12.8 Å². The number of hydrogen-bond acceptors (Lipinski definition) is 8. The van der Waals surface area contributed by atoms with Crippen LogP contribution in [0.25, 0.3) is 10.6 Å². The highest BCUT2D eigenvalue weighted by molar-refractivity contribution is 7.15. The molecule has 3 N–H and O–H groups in total. The number of aryl methyl sites for hydroxylation is 2. The summed E-state index contributed by atoms with van der Waals surface area (Å²) in [6.45, 7) is 7.60. The number of carbonyl (C=O) groups is 1. The Morgan fingerprint density at radius 3 is 2.54 bits per heavy atom. The summed E-state index contributed by atoms with van der Waals surface area (Å²) < 4.78 is 6.03. The molecule has 1 amide bonds. The maximum atomic E-state index is 13.1. The van der Waals surface area contributed by atoms with Crippen LogP contribution in [0.5, 0.6) is 5.75 Å². The number of hydrogen-bond donors (Lipinski definition) is 3. The molecule has 2 heterocycles. The van der Waals surface area contributed by atoms with Crippen molar-refractivity contribution in [2.24, 2.45) is 5.41 Å². The minimum atomic E-state index is -0.152. The average molecular weight is 592 g/mol. The van der Waals surface area contributed by atoms with Gasteiger partial charge in [0.2, 0.25) is 0 Å². The van der Waals surface area contributed by atoms with Gasteiger partial charge in [-0.1, -0.05) is 55.0 Å². The van der Waals surface area contributed by atoms with Crippen LogP contribution in [0.3, 0.4) is 0 Å². The number of rotatable bonds is 13. The van der Waals surface area contributed by atoms with E-state index in [1.54, 1.807) is 11.3 Å². The molecule has 2 aromatic carbocycles. The zero-order valence-electron chi connectivity index (χ0n) is 24.0. The summed E-state index contributed by atoms with van der Waals surface area (Å²) in [7, 11) is 1.90. The van der Waals surface area contributed by atoms with Crippen LogP contribution in [0.2, 0.25) is 0 Å². The second kappa shape index (κ2) is 12.7. The van der Waals surface area contributed by atoms with E-state index in [9.17, 15) is 9.59 Å². The highest BCUT2D eigenvalue weighted by Crippen LogP contribution is 2.58. The van der Waals surface area contributed by atoms with E-state index in [-0.39, 0.29) is 28.2 Å². The van der Waals surface area contributed by atoms with E-state index in [0.717, 1.165) is 64.0 Å². The zero-order valence-corrected chi connectivity index (χ0v) is 25.6. The third-order valence-corrected chi connectivity index (χ3v) is 10.1. The molecule has 2 unspecified atom stereocenters. The van der Waals surface area contributed by atoms with Gasteiger partial charge in [-0.15, -0.1) is 11.3 Å². The summed E-state index contributed by atoms with van der Waals surface area (Å²) >= 11 is 2.89. The number of carbonyl (C=O) groups excluding carboxylic acids is 1. The Morgan fingerprint density at radius 1 is 1.15 bits per heavy atom. The largest absolute Gasteiger partial charge is 0.493 e. The van der Waals surface area contributed by atoms with E-state index >= 15 is 0 Å². The standard InChI is InChI=1S/C31H37N5O3S2/c1-5-24-25(40-28(33-24)21-9-7-19(3)8-10-21)15-16-39-22-13-11-20(12-14-22)27(37)34-26-17-31(26,6-2)23(18-32-4)29-35-36-30(38)41-29/h7-14,23,26,32H,5-6,15-18H2,1-4H3,(H,34,37)(H,36,38)/t23-,26?,31?/m1/s1. The van der Waals surface area contributed by atoms with Crippen molar-refractivity contribution < 1.29 is 9.53 Å². The fourth-order valence-electron chi connectivity index (χ4n) is 5.55. The van der Waals surface area contributed by atoms with Crippen LogP contribution >= 0.6 is 22.7 Å². The van der Waals surface area contributed by atoms with Crippen molar-refractivity contribution >= 4 is 28.6 Å². The molecule has 0 saturated heterocycles. The van der Waals surface area contributed by atoms with Crippen molar-refractivity contribution in [3.63, 3.8) is 0 Å². The first-order chi connectivity index (χ1) is 19.9. The number of likely N-dealkylation sites (N-methyl/N-ethyl adjacent to an activating group) is 1. The van der Waals surface area contributed by atoms with Crippen molar-refractivity contribution in [3.05, 3.63) is 84.9 Å². The number of ether oxygens (including phenoxy) is 1. The molecule has 0 radical (unpaired) electrons. The van der Waals surface area contributed by atoms with E-state index in [4.69, 9.17) is 9.72 Å². The van der Waals surface area contributed by atoms with Crippen molar-refractivity contribution in [2.45, 2.75) is 58.4 Å². The lowest BCUT2D eigenvalue weighted by molar-refractivity contribution is 0.0942. The molecule has 0 bridgehead atoms. The molecule has 8 nitrogen and oxygen atoms in total. The smallest absolute Gasteiger partial charge is 0.322 e. The van der Waals surface area contributed by atoms with E-state index in [1.165, 1.54) is 10.4 Å².